The van der Waals surface area contributed by atoms with Crippen molar-refractivity contribution in [1.29, 1.82) is 5.26 Å². The summed E-state index contributed by atoms with van der Waals surface area (Å²) in [6.07, 6.45) is 3.04. The molecular formula is C17H24N2. The molecule has 0 saturated carbocycles. The van der Waals surface area contributed by atoms with Gasteiger partial charge in [-0.1, -0.05) is 17.7 Å². The molecule has 1 aromatic rings. The van der Waals surface area contributed by atoms with E-state index in [0.29, 0.717) is 0 Å². The molecular weight excluding hydrogens is 232 g/mol. The Morgan fingerprint density at radius 2 is 1.74 bits per heavy atom. The molecule has 0 bridgehead atoms. The molecule has 1 unspecified atom stereocenters. The van der Waals surface area contributed by atoms with E-state index in [-0.39, 0.29) is 5.41 Å². The molecule has 0 aliphatic carbocycles. The lowest BCUT2D eigenvalue weighted by molar-refractivity contribution is 0.342. The molecule has 0 spiro atoms. The molecule has 1 fully saturated rings. The maximum Gasteiger partial charge on any atom is 0.0840 e. The number of rotatable bonds is 1. The lowest BCUT2D eigenvalue weighted by Crippen LogP contribution is -2.28. The van der Waals surface area contributed by atoms with E-state index in [1.165, 1.54) is 22.3 Å². The summed E-state index contributed by atoms with van der Waals surface area (Å²) in [6.45, 7) is 8.56. The minimum atomic E-state index is -0.285. The van der Waals surface area contributed by atoms with E-state index in [4.69, 9.17) is 0 Å². The fourth-order valence-corrected chi connectivity index (χ4v) is 3.62. The van der Waals surface area contributed by atoms with E-state index >= 15 is 0 Å². The van der Waals surface area contributed by atoms with Crippen LogP contribution in [0.15, 0.2) is 12.1 Å². The standard InChI is InChI=1S/C17H24N2/c1-13-10-14(2)16(15(3)11-13)17(12-18)6-5-8-19(4)9-7-17/h10-11H,5-9H2,1-4H3. The summed E-state index contributed by atoms with van der Waals surface area (Å²) in [7, 11) is 2.16. The van der Waals surface area contributed by atoms with Crippen molar-refractivity contribution in [3.63, 3.8) is 0 Å². The minimum Gasteiger partial charge on any atom is -0.306 e. The smallest absolute Gasteiger partial charge is 0.0840 e. The molecule has 1 saturated heterocycles. The molecule has 1 heterocycles. The van der Waals surface area contributed by atoms with E-state index in [1.54, 1.807) is 0 Å². The zero-order valence-electron chi connectivity index (χ0n) is 12.6. The second-order valence-corrected chi connectivity index (χ2v) is 6.12. The topological polar surface area (TPSA) is 27.0 Å². The van der Waals surface area contributed by atoms with Gasteiger partial charge in [0.25, 0.3) is 0 Å². The van der Waals surface area contributed by atoms with Crippen molar-refractivity contribution in [2.45, 2.75) is 45.4 Å². The van der Waals surface area contributed by atoms with Crippen LogP contribution in [0.1, 0.15) is 41.5 Å². The van der Waals surface area contributed by atoms with E-state index in [2.05, 4.69) is 50.9 Å². The fraction of sp³-hybridized carbons (Fsp3) is 0.588. The van der Waals surface area contributed by atoms with Crippen LogP contribution in [0.25, 0.3) is 0 Å². The molecule has 1 atom stereocenters. The number of nitriles is 1. The van der Waals surface area contributed by atoms with Crippen LogP contribution in [-0.2, 0) is 5.41 Å². The third kappa shape index (κ3) is 2.67. The summed E-state index contributed by atoms with van der Waals surface area (Å²) in [5, 5.41) is 9.86. The Balaban J connectivity index is 2.50. The summed E-state index contributed by atoms with van der Waals surface area (Å²) in [4.78, 5) is 2.35. The molecule has 1 aliphatic heterocycles. The van der Waals surface area contributed by atoms with Gasteiger partial charge in [0.15, 0.2) is 0 Å². The average Bonchev–Trinajstić information content (AvgIpc) is 2.51. The largest absolute Gasteiger partial charge is 0.306 e. The Morgan fingerprint density at radius 3 is 2.32 bits per heavy atom. The Kier molecular flexibility index (Phi) is 3.96. The summed E-state index contributed by atoms with van der Waals surface area (Å²) >= 11 is 0. The molecule has 2 rings (SSSR count). The molecule has 1 aliphatic rings. The average molecular weight is 256 g/mol. The Morgan fingerprint density at radius 1 is 1.11 bits per heavy atom. The van der Waals surface area contributed by atoms with Crippen LogP contribution in [0.5, 0.6) is 0 Å². The number of hydrogen-bond donors (Lipinski definition) is 0. The van der Waals surface area contributed by atoms with Crippen LogP contribution in [0.4, 0.5) is 0 Å². The van der Waals surface area contributed by atoms with Crippen LogP contribution in [-0.4, -0.2) is 25.0 Å². The quantitative estimate of drug-likeness (QED) is 0.769. The first-order valence-electron chi connectivity index (χ1n) is 7.17. The summed E-state index contributed by atoms with van der Waals surface area (Å²) < 4.78 is 0. The predicted octanol–water partition coefficient (Wildman–Crippen LogP) is 3.49. The van der Waals surface area contributed by atoms with Gasteiger partial charge in [-0.15, -0.1) is 0 Å². The van der Waals surface area contributed by atoms with Gasteiger partial charge in [-0.05, 0) is 76.9 Å². The molecule has 102 valence electrons. The fourth-order valence-electron chi connectivity index (χ4n) is 3.62. The summed E-state index contributed by atoms with van der Waals surface area (Å²) in [6, 6.07) is 7.11. The summed E-state index contributed by atoms with van der Waals surface area (Å²) in [5.74, 6) is 0. The van der Waals surface area contributed by atoms with Gasteiger partial charge in [-0.25, -0.2) is 0 Å². The first-order chi connectivity index (χ1) is 8.98. The molecule has 2 heteroatoms. The highest BCUT2D eigenvalue weighted by atomic mass is 15.1. The van der Waals surface area contributed by atoms with Crippen molar-refractivity contribution in [2.75, 3.05) is 20.1 Å². The third-order valence-corrected chi connectivity index (χ3v) is 4.43. The molecule has 0 amide bonds. The maximum absolute atomic E-state index is 9.86. The number of aryl methyl sites for hydroxylation is 3. The molecule has 0 radical (unpaired) electrons. The monoisotopic (exact) mass is 256 g/mol. The van der Waals surface area contributed by atoms with Crippen LogP contribution >= 0.6 is 0 Å². The van der Waals surface area contributed by atoms with Crippen molar-refractivity contribution < 1.29 is 0 Å². The van der Waals surface area contributed by atoms with Crippen LogP contribution in [0, 0.1) is 32.1 Å². The van der Waals surface area contributed by atoms with Gasteiger partial charge in [-0.3, -0.25) is 0 Å². The van der Waals surface area contributed by atoms with Gasteiger partial charge >= 0.3 is 0 Å². The highest BCUT2D eigenvalue weighted by molar-refractivity contribution is 5.46. The first-order valence-corrected chi connectivity index (χ1v) is 7.17. The van der Waals surface area contributed by atoms with Gasteiger partial charge in [0.1, 0.15) is 0 Å². The zero-order chi connectivity index (χ0) is 14.0. The van der Waals surface area contributed by atoms with Crippen LogP contribution < -0.4 is 0 Å². The Hall–Kier alpha value is -1.33. The van der Waals surface area contributed by atoms with Crippen molar-refractivity contribution in [3.05, 3.63) is 34.4 Å². The van der Waals surface area contributed by atoms with Gasteiger partial charge in [0.2, 0.25) is 0 Å². The van der Waals surface area contributed by atoms with Crippen molar-refractivity contribution >= 4 is 0 Å². The maximum atomic E-state index is 9.86. The van der Waals surface area contributed by atoms with E-state index in [9.17, 15) is 5.26 Å². The molecule has 1 aromatic carbocycles. The minimum absolute atomic E-state index is 0.285. The van der Waals surface area contributed by atoms with Crippen LogP contribution in [0.2, 0.25) is 0 Å². The van der Waals surface area contributed by atoms with Crippen LogP contribution in [0.3, 0.4) is 0 Å². The van der Waals surface area contributed by atoms with Gasteiger partial charge in [-0.2, -0.15) is 5.26 Å². The second kappa shape index (κ2) is 5.35. The molecule has 0 N–H and O–H groups in total. The van der Waals surface area contributed by atoms with Gasteiger partial charge in [0.05, 0.1) is 11.5 Å². The summed E-state index contributed by atoms with van der Waals surface area (Å²) in [5.41, 5.74) is 4.85. The SMILES string of the molecule is Cc1cc(C)c(C2(C#N)CCCN(C)CC2)c(C)c1. The van der Waals surface area contributed by atoms with E-state index < -0.39 is 0 Å². The van der Waals surface area contributed by atoms with E-state index in [0.717, 1.165) is 32.4 Å². The Bertz CT molecular complexity index is 489. The lowest BCUT2D eigenvalue weighted by atomic mass is 9.72. The highest BCUT2D eigenvalue weighted by Crippen LogP contribution is 2.38. The number of nitrogens with zero attached hydrogens (tertiary/aromatic N) is 2. The van der Waals surface area contributed by atoms with Crippen molar-refractivity contribution in [2.24, 2.45) is 0 Å². The third-order valence-electron chi connectivity index (χ3n) is 4.43. The van der Waals surface area contributed by atoms with Gasteiger partial charge in [0, 0.05) is 0 Å². The molecule has 2 nitrogen and oxygen atoms in total. The molecule has 0 aromatic heterocycles. The van der Waals surface area contributed by atoms with Gasteiger partial charge < -0.3 is 4.90 Å². The van der Waals surface area contributed by atoms with E-state index in [1.807, 2.05) is 0 Å². The number of likely N-dealkylation sites (tertiary alicyclic amines) is 1. The number of benzene rings is 1. The van der Waals surface area contributed by atoms with Crippen molar-refractivity contribution in [3.8, 4) is 6.07 Å². The van der Waals surface area contributed by atoms with Crippen molar-refractivity contribution in [1.82, 2.24) is 4.90 Å². The lowest BCUT2D eigenvalue weighted by Gasteiger charge is -2.29. The predicted molar refractivity (Wildman–Crippen MR) is 79.3 cm³/mol. The first kappa shape index (κ1) is 14.1. The number of hydrogen-bond acceptors (Lipinski definition) is 2. The Labute approximate surface area is 117 Å². The zero-order valence-corrected chi connectivity index (χ0v) is 12.6. The molecule has 19 heavy (non-hydrogen) atoms. The normalized spacial score (nSPS) is 24.8. The second-order valence-electron chi connectivity index (χ2n) is 6.12. The highest BCUT2D eigenvalue weighted by Gasteiger charge is 2.36.